The van der Waals surface area contributed by atoms with Gasteiger partial charge in [-0.1, -0.05) is 11.6 Å². The van der Waals surface area contributed by atoms with Gasteiger partial charge in [-0.2, -0.15) is 0 Å². The van der Waals surface area contributed by atoms with Crippen LogP contribution >= 0.6 is 11.6 Å². The predicted octanol–water partition coefficient (Wildman–Crippen LogP) is 3.23. The topological polar surface area (TPSA) is 75.3 Å². The number of anilines is 1. The third-order valence-corrected chi connectivity index (χ3v) is 5.06. The molecule has 0 saturated carbocycles. The molecule has 0 aliphatic rings. The summed E-state index contributed by atoms with van der Waals surface area (Å²) in [5.41, 5.74) is 0.995. The van der Waals surface area contributed by atoms with Crippen LogP contribution in [0.25, 0.3) is 0 Å². The largest absolute Gasteiger partial charge is 0.326 e. The molecule has 0 heterocycles. The van der Waals surface area contributed by atoms with Crippen molar-refractivity contribution in [1.82, 2.24) is 4.72 Å². The Morgan fingerprint density at radius 3 is 2.52 bits per heavy atom. The Kier molecular flexibility index (Phi) is 6.10. The first kappa shape index (κ1) is 19.3. The molecule has 0 aromatic heterocycles. The zero-order valence-electron chi connectivity index (χ0n) is 13.1. The summed E-state index contributed by atoms with van der Waals surface area (Å²) in [7, 11) is -3.91. The van der Waals surface area contributed by atoms with Crippen molar-refractivity contribution in [2.45, 2.75) is 18.2 Å². The minimum atomic E-state index is -3.91. The van der Waals surface area contributed by atoms with Crippen LogP contribution in [0.5, 0.6) is 0 Å². The number of carbonyl (C=O) groups is 1. The number of halogens is 3. The normalized spacial score (nSPS) is 11.4. The predicted molar refractivity (Wildman–Crippen MR) is 91.0 cm³/mol. The zero-order chi connectivity index (χ0) is 18.6. The van der Waals surface area contributed by atoms with Crippen LogP contribution in [0.1, 0.15) is 12.0 Å². The molecule has 0 bridgehead atoms. The molecular formula is C16H15ClF2N2O3S. The van der Waals surface area contributed by atoms with Gasteiger partial charge >= 0.3 is 0 Å². The summed E-state index contributed by atoms with van der Waals surface area (Å²) in [6.45, 7) is 1.48. The van der Waals surface area contributed by atoms with Crippen molar-refractivity contribution in [2.24, 2.45) is 0 Å². The molecule has 5 nitrogen and oxygen atoms in total. The van der Waals surface area contributed by atoms with E-state index in [1.54, 1.807) is 6.92 Å². The van der Waals surface area contributed by atoms with Crippen molar-refractivity contribution in [3.8, 4) is 0 Å². The monoisotopic (exact) mass is 388 g/mol. The Labute approximate surface area is 149 Å². The van der Waals surface area contributed by atoms with E-state index in [1.165, 1.54) is 18.2 Å². The molecule has 2 N–H and O–H groups in total. The number of hydrogen-bond acceptors (Lipinski definition) is 3. The molecule has 134 valence electrons. The Morgan fingerprint density at radius 1 is 1.16 bits per heavy atom. The Balaban J connectivity index is 1.92. The van der Waals surface area contributed by atoms with E-state index in [0.29, 0.717) is 11.3 Å². The number of aryl methyl sites for hydroxylation is 1. The minimum absolute atomic E-state index is 0.134. The molecule has 0 spiro atoms. The highest BCUT2D eigenvalue weighted by Crippen LogP contribution is 2.19. The van der Waals surface area contributed by atoms with E-state index in [9.17, 15) is 22.0 Å². The molecule has 0 unspecified atom stereocenters. The second-order valence-electron chi connectivity index (χ2n) is 5.23. The van der Waals surface area contributed by atoms with Gasteiger partial charge in [-0.3, -0.25) is 4.79 Å². The first-order chi connectivity index (χ1) is 11.7. The van der Waals surface area contributed by atoms with Crippen molar-refractivity contribution in [3.63, 3.8) is 0 Å². The van der Waals surface area contributed by atoms with Gasteiger partial charge in [0.05, 0.1) is 9.92 Å². The molecule has 0 aliphatic heterocycles. The molecule has 0 saturated heterocycles. The van der Waals surface area contributed by atoms with E-state index in [2.05, 4.69) is 10.0 Å². The maximum absolute atomic E-state index is 13.1. The van der Waals surface area contributed by atoms with Crippen molar-refractivity contribution in [1.29, 1.82) is 0 Å². The molecule has 0 fully saturated rings. The summed E-state index contributed by atoms with van der Waals surface area (Å²) >= 11 is 5.56. The van der Waals surface area contributed by atoms with E-state index in [-0.39, 0.29) is 22.9 Å². The summed E-state index contributed by atoms with van der Waals surface area (Å²) in [5.74, 6) is -1.58. The first-order valence-electron chi connectivity index (χ1n) is 7.20. The third kappa shape index (κ3) is 5.22. The molecule has 0 radical (unpaired) electrons. The Bertz CT molecular complexity index is 904. The highest BCUT2D eigenvalue weighted by Gasteiger charge is 2.16. The SMILES string of the molecule is Cc1cc(F)ccc1NC(=O)CCNS(=O)(=O)c1ccc(F)c(Cl)c1. The number of hydrogen-bond donors (Lipinski definition) is 2. The van der Waals surface area contributed by atoms with Crippen LogP contribution in [0.4, 0.5) is 14.5 Å². The zero-order valence-corrected chi connectivity index (χ0v) is 14.7. The number of carbonyl (C=O) groups excluding carboxylic acids is 1. The van der Waals surface area contributed by atoms with Gasteiger partial charge in [0.25, 0.3) is 0 Å². The first-order valence-corrected chi connectivity index (χ1v) is 9.06. The molecule has 0 atom stereocenters. The number of rotatable bonds is 6. The summed E-state index contributed by atoms with van der Waals surface area (Å²) in [5, 5.41) is 2.26. The molecule has 2 aromatic rings. The van der Waals surface area contributed by atoms with Crippen molar-refractivity contribution < 1.29 is 22.0 Å². The van der Waals surface area contributed by atoms with Crippen LogP contribution in [0.3, 0.4) is 0 Å². The average molecular weight is 389 g/mol. The lowest BCUT2D eigenvalue weighted by Gasteiger charge is -2.10. The summed E-state index contributed by atoms with van der Waals surface area (Å²) in [6, 6.07) is 6.92. The van der Waals surface area contributed by atoms with Gasteiger partial charge in [-0.25, -0.2) is 21.9 Å². The second kappa shape index (κ2) is 7.90. The second-order valence-corrected chi connectivity index (χ2v) is 7.41. The van der Waals surface area contributed by atoms with E-state index >= 15 is 0 Å². The highest BCUT2D eigenvalue weighted by atomic mass is 35.5. The molecular weight excluding hydrogens is 374 g/mol. The van der Waals surface area contributed by atoms with E-state index in [0.717, 1.165) is 18.2 Å². The van der Waals surface area contributed by atoms with Gasteiger partial charge in [0.1, 0.15) is 11.6 Å². The summed E-state index contributed by atoms with van der Waals surface area (Å²) in [4.78, 5) is 11.7. The molecule has 0 aliphatic carbocycles. The van der Waals surface area contributed by atoms with Gasteiger partial charge in [0, 0.05) is 18.7 Å². The van der Waals surface area contributed by atoms with Crippen LogP contribution < -0.4 is 10.0 Å². The Morgan fingerprint density at radius 2 is 1.88 bits per heavy atom. The lowest BCUT2D eigenvalue weighted by Crippen LogP contribution is -2.28. The van der Waals surface area contributed by atoms with Gasteiger partial charge in [-0.15, -0.1) is 0 Å². The highest BCUT2D eigenvalue weighted by molar-refractivity contribution is 7.89. The lowest BCUT2D eigenvalue weighted by molar-refractivity contribution is -0.116. The number of sulfonamides is 1. The molecule has 2 rings (SSSR count). The molecule has 25 heavy (non-hydrogen) atoms. The third-order valence-electron chi connectivity index (χ3n) is 3.31. The van der Waals surface area contributed by atoms with Gasteiger partial charge in [-0.05, 0) is 48.9 Å². The molecule has 9 heteroatoms. The maximum atomic E-state index is 13.1. The number of nitrogens with one attached hydrogen (secondary N) is 2. The Hall–Kier alpha value is -2.03. The smallest absolute Gasteiger partial charge is 0.240 e. The van der Waals surface area contributed by atoms with E-state index < -0.39 is 27.6 Å². The van der Waals surface area contributed by atoms with Gasteiger partial charge in [0.15, 0.2) is 0 Å². The van der Waals surface area contributed by atoms with E-state index in [1.807, 2.05) is 0 Å². The van der Waals surface area contributed by atoms with Crippen LogP contribution in [0.2, 0.25) is 5.02 Å². The molecule has 2 aromatic carbocycles. The van der Waals surface area contributed by atoms with Gasteiger partial charge < -0.3 is 5.32 Å². The fourth-order valence-electron chi connectivity index (χ4n) is 2.01. The van der Waals surface area contributed by atoms with Crippen LogP contribution in [-0.2, 0) is 14.8 Å². The minimum Gasteiger partial charge on any atom is -0.326 e. The fraction of sp³-hybridized carbons (Fsp3) is 0.188. The molecule has 1 amide bonds. The van der Waals surface area contributed by atoms with Crippen LogP contribution in [0.15, 0.2) is 41.3 Å². The number of benzene rings is 2. The fourth-order valence-corrected chi connectivity index (χ4v) is 3.31. The van der Waals surface area contributed by atoms with Crippen LogP contribution in [0, 0.1) is 18.6 Å². The van der Waals surface area contributed by atoms with Crippen LogP contribution in [-0.4, -0.2) is 20.9 Å². The van der Waals surface area contributed by atoms with Crippen molar-refractivity contribution >= 4 is 33.2 Å². The standard InChI is InChI=1S/C16H15ClF2N2O3S/c1-10-8-11(18)2-5-15(10)21-16(22)6-7-20-25(23,24)12-3-4-14(19)13(17)9-12/h2-5,8-9,20H,6-7H2,1H3,(H,21,22). The average Bonchev–Trinajstić information content (AvgIpc) is 2.52. The quantitative estimate of drug-likeness (QED) is 0.797. The summed E-state index contributed by atoms with van der Waals surface area (Å²) in [6.07, 6.45) is -0.134. The number of amides is 1. The van der Waals surface area contributed by atoms with E-state index in [4.69, 9.17) is 11.6 Å². The summed E-state index contributed by atoms with van der Waals surface area (Å²) < 4.78 is 52.5. The maximum Gasteiger partial charge on any atom is 0.240 e. The lowest BCUT2D eigenvalue weighted by atomic mass is 10.2. The van der Waals surface area contributed by atoms with Gasteiger partial charge in [0.2, 0.25) is 15.9 Å². The van der Waals surface area contributed by atoms with Crippen molar-refractivity contribution in [2.75, 3.05) is 11.9 Å². The van der Waals surface area contributed by atoms with Crippen molar-refractivity contribution in [3.05, 3.63) is 58.6 Å².